The second kappa shape index (κ2) is 10.2. The van der Waals surface area contributed by atoms with Crippen LogP contribution in [0.4, 0.5) is 0 Å². The van der Waals surface area contributed by atoms with Crippen LogP contribution >= 0.6 is 0 Å². The van der Waals surface area contributed by atoms with E-state index in [1.54, 1.807) is 0 Å². The van der Waals surface area contributed by atoms with Crippen LogP contribution in [0.3, 0.4) is 0 Å². The molecule has 1 N–H and O–H groups in total. The van der Waals surface area contributed by atoms with E-state index in [2.05, 4.69) is 6.92 Å². The second-order valence-electron chi connectivity index (χ2n) is 5.76. The summed E-state index contributed by atoms with van der Waals surface area (Å²) in [6.07, 6.45) is 13.0. The predicted molar refractivity (Wildman–Crippen MR) is 77.3 cm³/mol. The first-order valence-corrected chi connectivity index (χ1v) is 8.10. The van der Waals surface area contributed by atoms with Crippen molar-refractivity contribution in [3.63, 3.8) is 0 Å². The fraction of sp³-hybridized carbons (Fsp3) is 0.938. The largest absolute Gasteiger partial charge is 0.481 e. The number of hydrogen-bond donors (Lipinski definition) is 1. The van der Waals surface area contributed by atoms with Crippen LogP contribution in [0.2, 0.25) is 0 Å². The highest BCUT2D eigenvalue weighted by Crippen LogP contribution is 2.28. The molecular weight excluding hydrogens is 240 g/mol. The molecule has 0 spiro atoms. The van der Waals surface area contributed by atoms with E-state index in [1.165, 1.54) is 44.9 Å². The minimum absolute atomic E-state index is 0.0259. The lowest BCUT2D eigenvalue weighted by Crippen LogP contribution is -2.25. The van der Waals surface area contributed by atoms with Gasteiger partial charge in [-0.15, -0.1) is 0 Å². The molecule has 1 aliphatic rings. The Kier molecular flexibility index (Phi) is 8.89. The van der Waals surface area contributed by atoms with E-state index in [4.69, 9.17) is 9.84 Å². The molecule has 0 aromatic heterocycles. The molecule has 0 amide bonds. The van der Waals surface area contributed by atoms with Gasteiger partial charge in [0.05, 0.1) is 12.0 Å². The highest BCUT2D eigenvalue weighted by atomic mass is 16.5. The van der Waals surface area contributed by atoms with Crippen LogP contribution in [-0.4, -0.2) is 23.8 Å². The molecule has 3 nitrogen and oxygen atoms in total. The van der Waals surface area contributed by atoms with Crippen LogP contribution in [0, 0.1) is 5.92 Å². The van der Waals surface area contributed by atoms with Crippen molar-refractivity contribution in [2.24, 2.45) is 5.92 Å². The zero-order valence-corrected chi connectivity index (χ0v) is 12.4. The zero-order valence-electron chi connectivity index (χ0n) is 12.4. The minimum Gasteiger partial charge on any atom is -0.481 e. The number of unbranched alkanes of at least 4 members (excludes halogenated alkanes) is 7. The Hall–Kier alpha value is -0.570. The molecular formula is C16H30O3. The summed E-state index contributed by atoms with van der Waals surface area (Å²) < 4.78 is 5.74. The fourth-order valence-corrected chi connectivity index (χ4v) is 2.88. The van der Waals surface area contributed by atoms with Crippen LogP contribution in [-0.2, 0) is 9.53 Å². The minimum atomic E-state index is -0.682. The molecule has 1 rings (SSSR count). The van der Waals surface area contributed by atoms with Crippen molar-refractivity contribution in [1.82, 2.24) is 0 Å². The van der Waals surface area contributed by atoms with Gasteiger partial charge in [-0.05, 0) is 25.7 Å². The Morgan fingerprint density at radius 2 is 1.68 bits per heavy atom. The molecule has 19 heavy (non-hydrogen) atoms. The summed E-state index contributed by atoms with van der Waals surface area (Å²) in [6.45, 7) is 2.98. The van der Waals surface area contributed by atoms with Gasteiger partial charge in [-0.3, -0.25) is 4.79 Å². The van der Waals surface area contributed by atoms with Crippen molar-refractivity contribution >= 4 is 5.97 Å². The van der Waals surface area contributed by atoms with E-state index in [9.17, 15) is 4.79 Å². The highest BCUT2D eigenvalue weighted by molar-refractivity contribution is 5.71. The van der Waals surface area contributed by atoms with Gasteiger partial charge in [0.15, 0.2) is 0 Å². The summed E-state index contributed by atoms with van der Waals surface area (Å²) in [4.78, 5) is 11.0. The molecule has 0 radical (unpaired) electrons. The van der Waals surface area contributed by atoms with Gasteiger partial charge in [0.2, 0.25) is 0 Å². The smallest absolute Gasteiger partial charge is 0.309 e. The average Bonchev–Trinajstić information content (AvgIpc) is 2.85. The Labute approximate surface area is 117 Å². The molecule has 0 aromatic carbocycles. The molecule has 0 aromatic rings. The van der Waals surface area contributed by atoms with Crippen molar-refractivity contribution in [1.29, 1.82) is 0 Å². The number of carboxylic acids is 1. The quantitative estimate of drug-likeness (QED) is 0.566. The summed E-state index contributed by atoms with van der Waals surface area (Å²) in [7, 11) is 0. The lowest BCUT2D eigenvalue weighted by Gasteiger charge is -2.16. The van der Waals surface area contributed by atoms with Gasteiger partial charge in [0.1, 0.15) is 0 Å². The van der Waals surface area contributed by atoms with Crippen LogP contribution in [0.15, 0.2) is 0 Å². The molecule has 2 atom stereocenters. The normalized spacial score (nSPS) is 22.8. The third kappa shape index (κ3) is 6.95. The van der Waals surface area contributed by atoms with Crippen molar-refractivity contribution in [2.45, 2.75) is 83.7 Å². The number of carboxylic acid groups (broad SMARTS) is 1. The van der Waals surface area contributed by atoms with E-state index in [-0.39, 0.29) is 12.0 Å². The molecule has 1 aliphatic carbocycles. The molecule has 112 valence electrons. The Balaban J connectivity index is 1.92. The maximum absolute atomic E-state index is 11.0. The van der Waals surface area contributed by atoms with Crippen LogP contribution < -0.4 is 0 Å². The molecule has 2 unspecified atom stereocenters. The maximum Gasteiger partial charge on any atom is 0.309 e. The Morgan fingerprint density at radius 3 is 2.32 bits per heavy atom. The summed E-state index contributed by atoms with van der Waals surface area (Å²) in [5.41, 5.74) is 0. The predicted octanol–water partition coefficient (Wildman–Crippen LogP) is 4.40. The molecule has 0 bridgehead atoms. The molecule has 0 saturated heterocycles. The second-order valence-corrected chi connectivity index (χ2v) is 5.76. The summed E-state index contributed by atoms with van der Waals surface area (Å²) in [5.74, 6) is -0.938. The highest BCUT2D eigenvalue weighted by Gasteiger charge is 2.33. The van der Waals surface area contributed by atoms with E-state index >= 15 is 0 Å². The monoisotopic (exact) mass is 270 g/mol. The topological polar surface area (TPSA) is 46.5 Å². The van der Waals surface area contributed by atoms with E-state index in [1.807, 2.05) is 0 Å². The van der Waals surface area contributed by atoms with Crippen LogP contribution in [0.1, 0.15) is 77.6 Å². The third-order valence-electron chi connectivity index (χ3n) is 4.10. The third-order valence-corrected chi connectivity index (χ3v) is 4.10. The standard InChI is InChI=1S/C16H30O3/c1-2-3-4-5-6-7-8-9-13-19-15-12-10-11-14(15)16(17)18/h14-15H,2-13H2,1H3,(H,17,18). The summed E-state index contributed by atoms with van der Waals surface area (Å²) >= 11 is 0. The SMILES string of the molecule is CCCCCCCCCCOC1CCCC1C(=O)O. The van der Waals surface area contributed by atoms with Crippen molar-refractivity contribution in [3.8, 4) is 0 Å². The molecule has 1 saturated carbocycles. The molecule has 0 heterocycles. The van der Waals surface area contributed by atoms with Crippen LogP contribution in [0.5, 0.6) is 0 Å². The first-order chi connectivity index (χ1) is 9.25. The van der Waals surface area contributed by atoms with Gasteiger partial charge in [0, 0.05) is 6.61 Å². The average molecular weight is 270 g/mol. The first kappa shape index (κ1) is 16.5. The van der Waals surface area contributed by atoms with Gasteiger partial charge >= 0.3 is 5.97 Å². The first-order valence-electron chi connectivity index (χ1n) is 8.10. The number of hydrogen-bond acceptors (Lipinski definition) is 2. The molecule has 0 aliphatic heterocycles. The summed E-state index contributed by atoms with van der Waals surface area (Å²) in [6, 6.07) is 0. The van der Waals surface area contributed by atoms with Crippen LogP contribution in [0.25, 0.3) is 0 Å². The fourth-order valence-electron chi connectivity index (χ4n) is 2.88. The number of rotatable bonds is 11. The summed E-state index contributed by atoms with van der Waals surface area (Å²) in [5, 5.41) is 9.05. The van der Waals surface area contributed by atoms with Gasteiger partial charge in [-0.1, -0.05) is 51.9 Å². The van der Waals surface area contributed by atoms with Crippen molar-refractivity contribution in [2.75, 3.05) is 6.61 Å². The Morgan fingerprint density at radius 1 is 1.05 bits per heavy atom. The maximum atomic E-state index is 11.0. The van der Waals surface area contributed by atoms with Crippen molar-refractivity contribution < 1.29 is 14.6 Å². The lowest BCUT2D eigenvalue weighted by molar-refractivity contribution is -0.146. The van der Waals surface area contributed by atoms with E-state index < -0.39 is 5.97 Å². The Bertz CT molecular complexity index is 240. The molecule has 3 heteroatoms. The number of carbonyl (C=O) groups is 1. The van der Waals surface area contributed by atoms with Crippen molar-refractivity contribution in [3.05, 3.63) is 0 Å². The van der Waals surface area contributed by atoms with Gasteiger partial charge in [0.25, 0.3) is 0 Å². The van der Waals surface area contributed by atoms with Gasteiger partial charge in [-0.2, -0.15) is 0 Å². The van der Waals surface area contributed by atoms with E-state index in [0.29, 0.717) is 0 Å². The zero-order chi connectivity index (χ0) is 13.9. The van der Waals surface area contributed by atoms with E-state index in [0.717, 1.165) is 32.3 Å². The van der Waals surface area contributed by atoms with Gasteiger partial charge in [-0.25, -0.2) is 0 Å². The number of ether oxygens (including phenoxy) is 1. The molecule has 1 fully saturated rings. The van der Waals surface area contributed by atoms with Gasteiger partial charge < -0.3 is 9.84 Å². The number of aliphatic carboxylic acids is 1. The lowest BCUT2D eigenvalue weighted by atomic mass is 10.1.